The van der Waals surface area contributed by atoms with Gasteiger partial charge in [-0.1, -0.05) is 6.07 Å². The molecule has 0 spiro atoms. The molecule has 1 unspecified atom stereocenters. The first-order chi connectivity index (χ1) is 13.1. The highest BCUT2D eigenvalue weighted by Crippen LogP contribution is 2.23. The van der Waals surface area contributed by atoms with Crippen LogP contribution in [-0.4, -0.2) is 43.4 Å². The zero-order valence-corrected chi connectivity index (χ0v) is 15.8. The maximum atomic E-state index is 13.1. The average Bonchev–Trinajstić information content (AvgIpc) is 3.05. The average molecular weight is 367 g/mol. The Balaban J connectivity index is 1.75. The van der Waals surface area contributed by atoms with Crippen molar-refractivity contribution < 1.29 is 0 Å². The highest BCUT2D eigenvalue weighted by molar-refractivity contribution is 5.77. The molecule has 1 saturated heterocycles. The molecule has 27 heavy (non-hydrogen) atoms. The second kappa shape index (κ2) is 7.11. The van der Waals surface area contributed by atoms with E-state index in [1.165, 1.54) is 4.68 Å². The molecule has 142 valence electrons. The fourth-order valence-electron chi connectivity index (χ4n) is 3.66. The van der Waals surface area contributed by atoms with Gasteiger partial charge in [-0.2, -0.15) is 5.10 Å². The van der Waals surface area contributed by atoms with Crippen molar-refractivity contribution in [1.82, 2.24) is 24.3 Å². The monoisotopic (exact) mass is 367 g/mol. The Bertz CT molecular complexity index is 1010. The fraction of sp³-hybridized carbons (Fsp3) is 0.474. The first-order valence-corrected chi connectivity index (χ1v) is 9.45. The van der Waals surface area contributed by atoms with Gasteiger partial charge in [-0.25, -0.2) is 9.67 Å². The molecule has 0 radical (unpaired) electrons. The van der Waals surface area contributed by atoms with Gasteiger partial charge in [-0.3, -0.25) is 9.78 Å². The molecule has 3 aromatic rings. The van der Waals surface area contributed by atoms with Gasteiger partial charge in [0, 0.05) is 31.9 Å². The normalized spacial score (nSPS) is 17.6. The predicted molar refractivity (Wildman–Crippen MR) is 105 cm³/mol. The van der Waals surface area contributed by atoms with Gasteiger partial charge < -0.3 is 15.2 Å². The Kier molecular flexibility index (Phi) is 4.65. The van der Waals surface area contributed by atoms with E-state index in [1.54, 1.807) is 12.4 Å². The van der Waals surface area contributed by atoms with Crippen LogP contribution in [0.2, 0.25) is 0 Å². The number of imidazole rings is 1. The summed E-state index contributed by atoms with van der Waals surface area (Å²) in [6.07, 6.45) is 5.54. The first-order valence-electron chi connectivity index (χ1n) is 9.45. The molecule has 0 bridgehead atoms. The van der Waals surface area contributed by atoms with Crippen LogP contribution in [0.5, 0.6) is 0 Å². The minimum Gasteiger partial charge on any atom is -0.341 e. The van der Waals surface area contributed by atoms with E-state index in [0.29, 0.717) is 24.1 Å². The zero-order chi connectivity index (χ0) is 19.0. The summed E-state index contributed by atoms with van der Waals surface area (Å²) >= 11 is 0. The van der Waals surface area contributed by atoms with Crippen molar-refractivity contribution in [3.05, 3.63) is 46.1 Å². The Hall–Kier alpha value is -2.74. The molecule has 1 aliphatic rings. The number of hydrogen-bond donors (Lipinski definition) is 1. The van der Waals surface area contributed by atoms with E-state index in [-0.39, 0.29) is 11.6 Å². The van der Waals surface area contributed by atoms with Crippen molar-refractivity contribution in [2.75, 3.05) is 18.0 Å². The molecular formula is C19H25N7O. The number of nitrogens with two attached hydrogens (primary N) is 1. The van der Waals surface area contributed by atoms with Gasteiger partial charge in [0.05, 0.1) is 18.4 Å². The molecule has 4 rings (SSSR count). The summed E-state index contributed by atoms with van der Waals surface area (Å²) in [5.41, 5.74) is 9.10. The molecular weight excluding hydrogens is 342 g/mol. The summed E-state index contributed by atoms with van der Waals surface area (Å²) in [5.74, 6) is 0.813. The van der Waals surface area contributed by atoms with Gasteiger partial charge in [0.2, 0.25) is 5.95 Å². The second-order valence-corrected chi connectivity index (χ2v) is 7.17. The number of aromatic nitrogens is 5. The molecule has 0 saturated carbocycles. The van der Waals surface area contributed by atoms with Crippen LogP contribution in [0.25, 0.3) is 11.0 Å². The maximum Gasteiger partial charge on any atom is 0.293 e. The maximum absolute atomic E-state index is 13.1. The lowest BCUT2D eigenvalue weighted by atomic mass is 10.1. The van der Waals surface area contributed by atoms with E-state index in [4.69, 9.17) is 10.7 Å². The van der Waals surface area contributed by atoms with Crippen molar-refractivity contribution in [1.29, 1.82) is 0 Å². The SMILES string of the molecule is CCn1c(N2CCCC(N)C2)nc2cnn(Cc3ccc(C)cn3)c(=O)c21. The molecule has 8 nitrogen and oxygen atoms in total. The number of nitrogens with zero attached hydrogens (tertiary/aromatic N) is 6. The third-order valence-electron chi connectivity index (χ3n) is 5.07. The molecule has 4 heterocycles. The van der Waals surface area contributed by atoms with E-state index in [9.17, 15) is 4.79 Å². The summed E-state index contributed by atoms with van der Waals surface area (Å²) in [6.45, 7) is 6.69. The number of anilines is 1. The lowest BCUT2D eigenvalue weighted by molar-refractivity contribution is 0.494. The predicted octanol–water partition coefficient (Wildman–Crippen LogP) is 1.29. The molecule has 1 fully saturated rings. The van der Waals surface area contributed by atoms with E-state index in [1.807, 2.05) is 30.5 Å². The first kappa shape index (κ1) is 17.7. The van der Waals surface area contributed by atoms with Crippen LogP contribution in [0.1, 0.15) is 31.0 Å². The van der Waals surface area contributed by atoms with Crippen molar-refractivity contribution in [3.8, 4) is 0 Å². The molecule has 3 aromatic heterocycles. The van der Waals surface area contributed by atoms with Crippen LogP contribution >= 0.6 is 0 Å². The standard InChI is InChI=1S/C19H25N7O/c1-3-25-17-16(23-19(25)24-8-4-5-14(20)11-24)10-22-26(18(17)27)12-15-7-6-13(2)9-21-15/h6-7,9-10,14H,3-5,8,11-12,20H2,1-2H3. The second-order valence-electron chi connectivity index (χ2n) is 7.17. The summed E-state index contributed by atoms with van der Waals surface area (Å²) in [5, 5.41) is 4.32. The molecule has 0 amide bonds. The van der Waals surface area contributed by atoms with Crippen LogP contribution in [-0.2, 0) is 13.1 Å². The molecule has 1 aliphatic heterocycles. The van der Waals surface area contributed by atoms with Crippen LogP contribution < -0.4 is 16.2 Å². The third kappa shape index (κ3) is 3.32. The van der Waals surface area contributed by atoms with E-state index >= 15 is 0 Å². The fourth-order valence-corrected chi connectivity index (χ4v) is 3.66. The summed E-state index contributed by atoms with van der Waals surface area (Å²) in [6, 6.07) is 4.05. The third-order valence-corrected chi connectivity index (χ3v) is 5.07. The van der Waals surface area contributed by atoms with E-state index in [0.717, 1.165) is 43.1 Å². The summed E-state index contributed by atoms with van der Waals surface area (Å²) in [7, 11) is 0. The number of hydrogen-bond acceptors (Lipinski definition) is 6. The largest absolute Gasteiger partial charge is 0.341 e. The van der Waals surface area contributed by atoms with Gasteiger partial charge in [0.15, 0.2) is 0 Å². The smallest absolute Gasteiger partial charge is 0.293 e. The highest BCUT2D eigenvalue weighted by atomic mass is 16.1. The molecule has 0 aliphatic carbocycles. The number of piperidine rings is 1. The van der Waals surface area contributed by atoms with Crippen LogP contribution in [0, 0.1) is 6.92 Å². The van der Waals surface area contributed by atoms with Gasteiger partial charge in [-0.15, -0.1) is 0 Å². The van der Waals surface area contributed by atoms with Crippen LogP contribution in [0.4, 0.5) is 5.95 Å². The van der Waals surface area contributed by atoms with Gasteiger partial charge >= 0.3 is 0 Å². The Labute approximate surface area is 157 Å². The molecule has 1 atom stereocenters. The Morgan fingerprint density at radius 3 is 2.85 bits per heavy atom. The minimum atomic E-state index is -0.142. The van der Waals surface area contributed by atoms with Gasteiger partial charge in [0.1, 0.15) is 11.0 Å². The van der Waals surface area contributed by atoms with E-state index in [2.05, 4.69) is 15.0 Å². The molecule has 2 N–H and O–H groups in total. The summed E-state index contributed by atoms with van der Waals surface area (Å²) < 4.78 is 3.44. The van der Waals surface area contributed by atoms with Gasteiger partial charge in [-0.05, 0) is 38.3 Å². The number of aryl methyl sites for hydroxylation is 2. The van der Waals surface area contributed by atoms with Gasteiger partial charge in [0.25, 0.3) is 5.56 Å². The van der Waals surface area contributed by atoms with Crippen LogP contribution in [0.3, 0.4) is 0 Å². The minimum absolute atomic E-state index is 0.142. The lowest BCUT2D eigenvalue weighted by Gasteiger charge is -2.31. The van der Waals surface area contributed by atoms with Crippen molar-refractivity contribution in [3.63, 3.8) is 0 Å². The lowest BCUT2D eigenvalue weighted by Crippen LogP contribution is -2.44. The zero-order valence-electron chi connectivity index (χ0n) is 15.8. The number of pyridine rings is 1. The Morgan fingerprint density at radius 2 is 2.15 bits per heavy atom. The number of rotatable bonds is 4. The topological polar surface area (TPSA) is 94.9 Å². The number of fused-ring (bicyclic) bond motifs is 1. The quantitative estimate of drug-likeness (QED) is 0.747. The molecule has 8 heteroatoms. The molecule has 0 aromatic carbocycles. The van der Waals surface area contributed by atoms with Crippen molar-refractivity contribution in [2.45, 2.75) is 45.8 Å². The Morgan fingerprint density at radius 1 is 1.30 bits per heavy atom. The van der Waals surface area contributed by atoms with Crippen molar-refractivity contribution in [2.24, 2.45) is 5.73 Å². The van der Waals surface area contributed by atoms with Crippen LogP contribution in [0.15, 0.2) is 29.3 Å². The highest BCUT2D eigenvalue weighted by Gasteiger charge is 2.23. The van der Waals surface area contributed by atoms with Crippen molar-refractivity contribution >= 4 is 17.0 Å². The summed E-state index contributed by atoms with van der Waals surface area (Å²) in [4.78, 5) is 24.4. The van der Waals surface area contributed by atoms with E-state index < -0.39 is 0 Å².